The minimum Gasteiger partial charge on any atom is -0.399 e. The number of sulfonamides is 1. The number of rotatable bonds is 6. The van der Waals surface area contributed by atoms with E-state index in [1.165, 1.54) is 18.4 Å². The molecular formula is C24H32N4O3S. The molecule has 2 atom stereocenters. The highest BCUT2D eigenvalue weighted by Crippen LogP contribution is 2.39. The van der Waals surface area contributed by atoms with E-state index in [9.17, 15) is 13.2 Å². The average molecular weight is 457 g/mol. The van der Waals surface area contributed by atoms with Gasteiger partial charge in [-0.1, -0.05) is 18.2 Å². The van der Waals surface area contributed by atoms with E-state index in [1.54, 1.807) is 24.3 Å². The topological polar surface area (TPSA) is 95.7 Å². The molecular weight excluding hydrogens is 424 g/mol. The van der Waals surface area contributed by atoms with Crippen molar-refractivity contribution < 1.29 is 13.2 Å². The first-order chi connectivity index (χ1) is 15.2. The number of nitrogen functional groups attached to an aromatic ring is 1. The summed E-state index contributed by atoms with van der Waals surface area (Å²) in [6.45, 7) is 2.16. The number of anilines is 2. The van der Waals surface area contributed by atoms with Crippen molar-refractivity contribution in [3.63, 3.8) is 0 Å². The molecule has 1 amide bonds. The fourth-order valence-corrected chi connectivity index (χ4v) is 5.63. The molecule has 0 bridgehead atoms. The van der Waals surface area contributed by atoms with Gasteiger partial charge in [-0.3, -0.25) is 14.4 Å². The molecule has 1 fully saturated rings. The van der Waals surface area contributed by atoms with Crippen LogP contribution in [0, 0.1) is 0 Å². The summed E-state index contributed by atoms with van der Waals surface area (Å²) >= 11 is 0. The highest BCUT2D eigenvalue weighted by Gasteiger charge is 2.38. The number of carbonyl (C=O) groups is 1. The molecule has 1 heterocycles. The Morgan fingerprint density at radius 2 is 1.84 bits per heavy atom. The number of aryl methyl sites for hydroxylation is 1. The van der Waals surface area contributed by atoms with Gasteiger partial charge < -0.3 is 10.6 Å². The second kappa shape index (κ2) is 9.11. The van der Waals surface area contributed by atoms with Crippen molar-refractivity contribution in [2.45, 2.75) is 44.2 Å². The first-order valence-corrected chi connectivity index (χ1v) is 13.0. The van der Waals surface area contributed by atoms with Crippen molar-refractivity contribution in [1.82, 2.24) is 9.80 Å². The molecule has 0 aromatic heterocycles. The van der Waals surface area contributed by atoms with Gasteiger partial charge in [-0.15, -0.1) is 0 Å². The number of hydrogen-bond donors (Lipinski definition) is 2. The summed E-state index contributed by atoms with van der Waals surface area (Å²) in [4.78, 5) is 17.8. The van der Waals surface area contributed by atoms with E-state index in [-0.39, 0.29) is 18.4 Å². The third-order valence-electron chi connectivity index (χ3n) is 6.60. The Bertz CT molecular complexity index is 1080. The first-order valence-electron chi connectivity index (χ1n) is 11.2. The number of fused-ring (bicyclic) bond motifs is 1. The van der Waals surface area contributed by atoms with Gasteiger partial charge in [0.15, 0.2) is 0 Å². The predicted molar refractivity (Wildman–Crippen MR) is 128 cm³/mol. The summed E-state index contributed by atoms with van der Waals surface area (Å²) in [7, 11) is -1.43. The van der Waals surface area contributed by atoms with Crippen LogP contribution in [0.3, 0.4) is 0 Å². The maximum atomic E-state index is 13.3. The summed E-state index contributed by atoms with van der Waals surface area (Å²) in [6.07, 6.45) is 5.83. The van der Waals surface area contributed by atoms with Crippen LogP contribution in [0.25, 0.3) is 0 Å². The summed E-state index contributed by atoms with van der Waals surface area (Å²) in [5.74, 6) is 0.0401. The Hall–Kier alpha value is -2.58. The number of nitrogens with two attached hydrogens (primary N) is 1. The highest BCUT2D eigenvalue weighted by atomic mass is 32.2. The van der Waals surface area contributed by atoms with Gasteiger partial charge in [0, 0.05) is 24.5 Å². The maximum Gasteiger partial charge on any atom is 0.229 e. The van der Waals surface area contributed by atoms with Crippen LogP contribution >= 0.6 is 0 Å². The average Bonchev–Trinajstić information content (AvgIpc) is 3.27. The number of amides is 1. The Morgan fingerprint density at radius 3 is 2.50 bits per heavy atom. The predicted octanol–water partition coefficient (Wildman–Crippen LogP) is 2.79. The molecule has 2 unspecified atom stereocenters. The molecule has 1 aliphatic carbocycles. The Balaban J connectivity index is 1.55. The third-order valence-corrected chi connectivity index (χ3v) is 7.20. The molecule has 32 heavy (non-hydrogen) atoms. The van der Waals surface area contributed by atoms with E-state index in [0.717, 1.165) is 49.0 Å². The normalized spacial score (nSPS) is 21.2. The van der Waals surface area contributed by atoms with Gasteiger partial charge in [-0.2, -0.15) is 0 Å². The lowest BCUT2D eigenvalue weighted by atomic mass is 9.82. The van der Waals surface area contributed by atoms with Gasteiger partial charge >= 0.3 is 0 Å². The van der Waals surface area contributed by atoms with E-state index >= 15 is 0 Å². The number of likely N-dealkylation sites (tertiary alicyclic amines) is 1. The molecule has 4 rings (SSSR count). The minimum absolute atomic E-state index is 0.0287. The van der Waals surface area contributed by atoms with E-state index in [2.05, 4.69) is 15.7 Å². The Kier molecular flexibility index (Phi) is 6.44. The van der Waals surface area contributed by atoms with Crippen LogP contribution in [0.15, 0.2) is 42.5 Å². The second-order valence-corrected chi connectivity index (χ2v) is 10.8. The van der Waals surface area contributed by atoms with Gasteiger partial charge in [-0.05, 0) is 79.7 Å². The van der Waals surface area contributed by atoms with Crippen molar-refractivity contribution in [2.75, 3.05) is 36.8 Å². The molecule has 2 aliphatic rings. The zero-order valence-electron chi connectivity index (χ0n) is 18.8. The molecule has 8 heteroatoms. The zero-order chi connectivity index (χ0) is 22.9. The Labute approximate surface area is 190 Å². The largest absolute Gasteiger partial charge is 0.399 e. The van der Waals surface area contributed by atoms with Crippen LogP contribution in [-0.2, 0) is 27.7 Å². The van der Waals surface area contributed by atoms with Crippen LogP contribution in [0.4, 0.5) is 11.4 Å². The molecule has 2 aromatic rings. The highest BCUT2D eigenvalue weighted by molar-refractivity contribution is 7.92. The fourth-order valence-electron chi connectivity index (χ4n) is 5.07. The van der Waals surface area contributed by atoms with Crippen LogP contribution in [0.5, 0.6) is 0 Å². The molecule has 2 aromatic carbocycles. The molecule has 0 radical (unpaired) electrons. The van der Waals surface area contributed by atoms with Crippen molar-refractivity contribution in [3.05, 3.63) is 59.2 Å². The van der Waals surface area contributed by atoms with Crippen LogP contribution in [0.1, 0.15) is 42.0 Å². The van der Waals surface area contributed by atoms with E-state index in [0.29, 0.717) is 11.7 Å². The lowest BCUT2D eigenvalue weighted by molar-refractivity contribution is -0.133. The number of hydrogen-bond acceptors (Lipinski definition) is 5. The summed E-state index contributed by atoms with van der Waals surface area (Å²) in [5.41, 5.74) is 10.6. The van der Waals surface area contributed by atoms with Crippen LogP contribution in [0.2, 0.25) is 0 Å². The number of nitrogens with one attached hydrogen (secondary N) is 1. The van der Waals surface area contributed by atoms with Crippen molar-refractivity contribution in [3.8, 4) is 0 Å². The summed E-state index contributed by atoms with van der Waals surface area (Å²) in [6, 6.07) is 13.3. The van der Waals surface area contributed by atoms with Crippen LogP contribution < -0.4 is 10.5 Å². The molecule has 0 saturated carbocycles. The molecule has 1 aliphatic heterocycles. The maximum absolute atomic E-state index is 13.3. The quantitative estimate of drug-likeness (QED) is 0.652. The summed E-state index contributed by atoms with van der Waals surface area (Å²) in [5, 5.41) is 0. The van der Waals surface area contributed by atoms with Gasteiger partial charge in [0.25, 0.3) is 0 Å². The molecule has 0 spiro atoms. The number of carbonyl (C=O) groups excluding carboxylic acids is 1. The van der Waals surface area contributed by atoms with Gasteiger partial charge in [0.2, 0.25) is 15.9 Å². The number of likely N-dealkylation sites (N-methyl/N-ethyl adjacent to an activating group) is 1. The third kappa shape index (κ3) is 5.07. The smallest absolute Gasteiger partial charge is 0.229 e. The lowest BCUT2D eigenvalue weighted by Gasteiger charge is -2.43. The zero-order valence-corrected chi connectivity index (χ0v) is 19.6. The SMILES string of the molecule is CN(C(=O)Cc1ccc(NS(C)(=O)=O)cc1)C1c2cc(N)ccc2CCC1N1CCCC1. The Morgan fingerprint density at radius 1 is 1.16 bits per heavy atom. The van der Waals surface area contributed by atoms with Crippen molar-refractivity contribution in [1.29, 1.82) is 0 Å². The van der Waals surface area contributed by atoms with Crippen molar-refractivity contribution in [2.24, 2.45) is 0 Å². The lowest BCUT2D eigenvalue weighted by Crippen LogP contribution is -2.48. The molecule has 1 saturated heterocycles. The van der Waals surface area contributed by atoms with Gasteiger partial charge in [-0.25, -0.2) is 8.42 Å². The monoisotopic (exact) mass is 456 g/mol. The van der Waals surface area contributed by atoms with Crippen molar-refractivity contribution >= 4 is 27.3 Å². The fraction of sp³-hybridized carbons (Fsp3) is 0.458. The first kappa shape index (κ1) is 22.6. The van der Waals surface area contributed by atoms with E-state index < -0.39 is 10.0 Å². The van der Waals surface area contributed by atoms with E-state index in [1.807, 2.05) is 24.1 Å². The molecule has 172 valence electrons. The number of benzene rings is 2. The summed E-state index contributed by atoms with van der Waals surface area (Å²) < 4.78 is 25.3. The van der Waals surface area contributed by atoms with Gasteiger partial charge in [0.05, 0.1) is 18.7 Å². The number of nitrogens with zero attached hydrogens (tertiary/aromatic N) is 2. The molecule has 3 N–H and O–H groups in total. The minimum atomic E-state index is -3.33. The standard InChI is InChI=1S/C24H32N4O3S/c1-27(23(29)15-17-5-10-20(11-6-17)26-32(2,30)31)24-21-16-19(25)9-7-18(21)8-12-22(24)28-13-3-4-14-28/h5-7,9-11,16,22,24,26H,3-4,8,12-15,25H2,1-2H3. The van der Waals surface area contributed by atoms with Crippen LogP contribution in [-0.4, -0.2) is 56.6 Å². The van der Waals surface area contributed by atoms with Gasteiger partial charge in [0.1, 0.15) is 0 Å². The molecule has 7 nitrogen and oxygen atoms in total. The second-order valence-electron chi connectivity index (χ2n) is 9.00. The van der Waals surface area contributed by atoms with E-state index in [4.69, 9.17) is 5.73 Å².